The number of carbonyl (C=O) groups is 1. The van der Waals surface area contributed by atoms with Crippen LogP contribution in [0.25, 0.3) is 4.96 Å². The topological polar surface area (TPSA) is 98.0 Å². The Kier molecular flexibility index (Phi) is 5.48. The molecule has 0 spiro atoms. The number of sulfonamides is 1. The second-order valence-corrected chi connectivity index (χ2v) is 10.0. The number of thiazole rings is 1. The molecule has 8 nitrogen and oxygen atoms in total. The predicted octanol–water partition coefficient (Wildman–Crippen LogP) is 2.27. The van der Waals surface area contributed by atoms with Gasteiger partial charge >= 0.3 is 5.97 Å². The molecule has 0 bridgehead atoms. The third-order valence-electron chi connectivity index (χ3n) is 5.09. The normalized spacial score (nSPS) is 17.5. The molecule has 1 unspecified atom stereocenters. The maximum atomic E-state index is 13.0. The summed E-state index contributed by atoms with van der Waals surface area (Å²) in [6.45, 7) is 3.77. The highest BCUT2D eigenvalue weighted by Crippen LogP contribution is 2.27. The Bertz CT molecular complexity index is 1260. The van der Waals surface area contributed by atoms with Gasteiger partial charge in [-0.3, -0.25) is 14.0 Å². The van der Waals surface area contributed by atoms with Crippen LogP contribution in [0.4, 0.5) is 0 Å². The van der Waals surface area contributed by atoms with Crippen LogP contribution in [0.3, 0.4) is 0 Å². The van der Waals surface area contributed by atoms with Gasteiger partial charge < -0.3 is 4.74 Å². The molecule has 1 aliphatic heterocycles. The molecule has 10 heteroatoms. The quantitative estimate of drug-likeness (QED) is 0.557. The van der Waals surface area contributed by atoms with Crippen molar-refractivity contribution in [3.05, 3.63) is 63.0 Å². The number of hydrogen-bond acceptors (Lipinski definition) is 7. The Labute approximate surface area is 177 Å². The van der Waals surface area contributed by atoms with Crippen LogP contribution in [0.15, 0.2) is 45.4 Å². The lowest BCUT2D eigenvalue weighted by atomic mass is 10.2. The lowest BCUT2D eigenvalue weighted by Gasteiger charge is -2.22. The van der Waals surface area contributed by atoms with Crippen LogP contribution in [0.5, 0.6) is 0 Å². The Morgan fingerprint density at radius 3 is 2.73 bits per heavy atom. The number of hydrogen-bond donors (Lipinski definition) is 0. The fourth-order valence-electron chi connectivity index (χ4n) is 3.53. The van der Waals surface area contributed by atoms with Crippen molar-refractivity contribution >= 4 is 32.3 Å². The van der Waals surface area contributed by atoms with E-state index in [1.54, 1.807) is 24.3 Å². The Morgan fingerprint density at radius 2 is 2.00 bits per heavy atom. The lowest BCUT2D eigenvalue weighted by Crippen LogP contribution is -2.41. The van der Waals surface area contributed by atoms with Crippen LogP contribution >= 0.6 is 11.3 Å². The van der Waals surface area contributed by atoms with E-state index in [4.69, 9.17) is 4.74 Å². The smallest absolute Gasteiger partial charge is 0.324 e. The number of rotatable bonds is 5. The number of fused-ring (bicyclic) bond motifs is 1. The van der Waals surface area contributed by atoms with E-state index in [9.17, 15) is 18.0 Å². The minimum Gasteiger partial charge on any atom is -0.458 e. The van der Waals surface area contributed by atoms with E-state index in [0.717, 1.165) is 11.3 Å². The fourth-order valence-corrected chi connectivity index (χ4v) is 6.06. The summed E-state index contributed by atoms with van der Waals surface area (Å²) < 4.78 is 34.0. The van der Waals surface area contributed by atoms with Gasteiger partial charge in [0.25, 0.3) is 5.56 Å². The number of carbonyl (C=O) groups excluding carboxylic acids is 1. The molecule has 0 aliphatic carbocycles. The molecule has 1 aliphatic rings. The Morgan fingerprint density at radius 1 is 1.27 bits per heavy atom. The maximum absolute atomic E-state index is 13.0. The van der Waals surface area contributed by atoms with Gasteiger partial charge in [0.1, 0.15) is 12.6 Å². The van der Waals surface area contributed by atoms with E-state index < -0.39 is 22.0 Å². The molecular weight excluding hydrogens is 426 g/mol. The molecule has 0 saturated carbocycles. The number of nitrogens with zero attached hydrogens (tertiary/aromatic N) is 3. The SMILES string of the molecule is Cc1ccc(S(=O)(=O)N2CCCC2C(=O)OCc2cc(=O)n3c(C)csc3n2)cc1. The standard InChI is InChI=1S/C20H21N3O5S2/c1-13-5-7-16(8-6-13)30(26,27)22-9-3-4-17(22)19(25)28-11-15-10-18(24)23-14(2)12-29-20(23)21-15/h5-8,10,12,17H,3-4,9,11H2,1-2H3. The van der Waals surface area contributed by atoms with Crippen LogP contribution < -0.4 is 5.56 Å². The highest BCUT2D eigenvalue weighted by Gasteiger charge is 2.40. The van der Waals surface area contributed by atoms with Crippen molar-refractivity contribution < 1.29 is 17.9 Å². The molecule has 0 radical (unpaired) electrons. The van der Waals surface area contributed by atoms with Crippen LogP contribution in [-0.4, -0.2) is 40.7 Å². The first-order chi connectivity index (χ1) is 14.3. The molecule has 30 heavy (non-hydrogen) atoms. The first-order valence-electron chi connectivity index (χ1n) is 9.49. The largest absolute Gasteiger partial charge is 0.458 e. The Balaban J connectivity index is 1.50. The van der Waals surface area contributed by atoms with Crippen molar-refractivity contribution in [3.8, 4) is 0 Å². The molecule has 1 atom stereocenters. The van der Waals surface area contributed by atoms with Crippen LogP contribution in [0.1, 0.15) is 29.8 Å². The minimum absolute atomic E-state index is 0.154. The summed E-state index contributed by atoms with van der Waals surface area (Å²) in [6.07, 6.45) is 0.966. The third-order valence-corrected chi connectivity index (χ3v) is 7.96. The monoisotopic (exact) mass is 447 g/mol. The summed E-state index contributed by atoms with van der Waals surface area (Å²) in [5.74, 6) is -0.632. The van der Waals surface area contributed by atoms with Crippen LogP contribution in [0.2, 0.25) is 0 Å². The number of aryl methyl sites for hydroxylation is 2. The fraction of sp³-hybridized carbons (Fsp3) is 0.350. The lowest BCUT2D eigenvalue weighted by molar-refractivity contribution is -0.148. The predicted molar refractivity (Wildman–Crippen MR) is 112 cm³/mol. The van der Waals surface area contributed by atoms with Gasteiger partial charge in [-0.15, -0.1) is 11.3 Å². The van der Waals surface area contributed by atoms with Crippen molar-refractivity contribution in [2.24, 2.45) is 0 Å². The van der Waals surface area contributed by atoms with Gasteiger partial charge in [0.15, 0.2) is 4.96 Å². The van der Waals surface area contributed by atoms with Gasteiger partial charge in [-0.1, -0.05) is 17.7 Å². The molecule has 4 rings (SSSR count). The molecule has 1 aromatic carbocycles. The second-order valence-electron chi connectivity index (χ2n) is 7.28. The molecule has 0 amide bonds. The van der Waals surface area contributed by atoms with E-state index in [-0.39, 0.29) is 23.6 Å². The van der Waals surface area contributed by atoms with Crippen molar-refractivity contribution in [3.63, 3.8) is 0 Å². The van der Waals surface area contributed by atoms with E-state index >= 15 is 0 Å². The van der Waals surface area contributed by atoms with Crippen molar-refractivity contribution in [2.75, 3.05) is 6.54 Å². The van der Waals surface area contributed by atoms with Crippen molar-refractivity contribution in [2.45, 2.75) is 44.2 Å². The van der Waals surface area contributed by atoms with E-state index in [1.165, 1.54) is 26.1 Å². The summed E-state index contributed by atoms with van der Waals surface area (Å²) in [7, 11) is -3.80. The first-order valence-corrected chi connectivity index (χ1v) is 11.8. The summed E-state index contributed by atoms with van der Waals surface area (Å²) in [4.78, 5) is 30.0. The zero-order chi connectivity index (χ0) is 21.5. The zero-order valence-electron chi connectivity index (χ0n) is 16.6. The van der Waals surface area contributed by atoms with Crippen LogP contribution in [0, 0.1) is 13.8 Å². The van der Waals surface area contributed by atoms with E-state index in [2.05, 4.69) is 4.98 Å². The minimum atomic E-state index is -3.80. The average Bonchev–Trinajstić information content (AvgIpc) is 3.34. The zero-order valence-corrected chi connectivity index (χ0v) is 18.2. The molecule has 1 fully saturated rings. The Hall–Kier alpha value is -2.56. The molecule has 3 aromatic rings. The molecule has 158 valence electrons. The summed E-state index contributed by atoms with van der Waals surface area (Å²) in [5.41, 5.74) is 1.84. The van der Waals surface area contributed by atoms with E-state index in [1.807, 2.05) is 19.2 Å². The second kappa shape index (κ2) is 7.93. The van der Waals surface area contributed by atoms with Gasteiger partial charge in [-0.05, 0) is 38.8 Å². The number of esters is 1. The average molecular weight is 448 g/mol. The summed E-state index contributed by atoms with van der Waals surface area (Å²) in [6, 6.07) is 6.98. The molecule has 3 heterocycles. The first kappa shape index (κ1) is 20.7. The summed E-state index contributed by atoms with van der Waals surface area (Å²) in [5, 5.41) is 1.83. The summed E-state index contributed by atoms with van der Waals surface area (Å²) >= 11 is 1.33. The highest BCUT2D eigenvalue weighted by molar-refractivity contribution is 7.89. The highest BCUT2D eigenvalue weighted by atomic mass is 32.2. The number of benzene rings is 1. The van der Waals surface area contributed by atoms with Crippen molar-refractivity contribution in [1.29, 1.82) is 0 Å². The maximum Gasteiger partial charge on any atom is 0.324 e. The van der Waals surface area contributed by atoms with Gasteiger partial charge in [0.2, 0.25) is 10.0 Å². The van der Waals surface area contributed by atoms with E-state index in [0.29, 0.717) is 23.5 Å². The van der Waals surface area contributed by atoms with Crippen LogP contribution in [-0.2, 0) is 26.2 Å². The molecule has 0 N–H and O–H groups in total. The van der Waals surface area contributed by atoms with Gasteiger partial charge in [0, 0.05) is 23.7 Å². The van der Waals surface area contributed by atoms with Gasteiger partial charge in [-0.2, -0.15) is 4.31 Å². The number of aromatic nitrogens is 2. The molecular formula is C20H21N3O5S2. The molecule has 2 aromatic heterocycles. The number of ether oxygens (including phenoxy) is 1. The third kappa shape index (κ3) is 3.78. The molecule has 1 saturated heterocycles. The van der Waals surface area contributed by atoms with Gasteiger partial charge in [0.05, 0.1) is 10.6 Å². The van der Waals surface area contributed by atoms with Gasteiger partial charge in [-0.25, -0.2) is 13.4 Å². The van der Waals surface area contributed by atoms with Crippen molar-refractivity contribution in [1.82, 2.24) is 13.7 Å².